The molecule has 2 rings (SSSR count). The summed E-state index contributed by atoms with van der Waals surface area (Å²) in [4.78, 5) is 25.7. The summed E-state index contributed by atoms with van der Waals surface area (Å²) in [6.45, 7) is 4.66. The average Bonchev–Trinajstić information content (AvgIpc) is 3.12. The van der Waals surface area contributed by atoms with Crippen molar-refractivity contribution in [3.8, 4) is 0 Å². The molecule has 132 valence electrons. The van der Waals surface area contributed by atoms with Crippen LogP contribution in [0.4, 0.5) is 5.13 Å². The van der Waals surface area contributed by atoms with Gasteiger partial charge in [0.25, 0.3) is 0 Å². The van der Waals surface area contributed by atoms with E-state index >= 15 is 0 Å². The number of amides is 2. The van der Waals surface area contributed by atoms with Gasteiger partial charge in [-0.05, 0) is 25.7 Å². The number of rotatable bonds is 9. The summed E-state index contributed by atoms with van der Waals surface area (Å²) in [7, 11) is 0. The van der Waals surface area contributed by atoms with E-state index < -0.39 is 0 Å². The molecule has 0 spiro atoms. The molecule has 1 atom stereocenters. The number of thiocarbonyl (C=S) groups is 1. The lowest BCUT2D eigenvalue weighted by atomic mass is 10.2. The summed E-state index contributed by atoms with van der Waals surface area (Å²) in [6.07, 6.45) is 4.61. The SMILES string of the molecule is CCc1nnc(NC(=O)CCCCCN2C(=O)C(CC)SC2=S)s1. The first-order chi connectivity index (χ1) is 11.5. The largest absolute Gasteiger partial charge is 0.301 e. The van der Waals surface area contributed by atoms with Gasteiger partial charge in [-0.3, -0.25) is 14.5 Å². The minimum Gasteiger partial charge on any atom is -0.301 e. The molecule has 1 aliphatic rings. The third-order valence-electron chi connectivity index (χ3n) is 3.68. The number of aryl methyl sites for hydroxylation is 1. The number of carbonyl (C=O) groups excluding carboxylic acids is 2. The quantitative estimate of drug-likeness (QED) is 0.519. The number of hydrogen-bond donors (Lipinski definition) is 1. The molecular weight excluding hydrogens is 364 g/mol. The van der Waals surface area contributed by atoms with Gasteiger partial charge in [0.15, 0.2) is 0 Å². The molecular formula is C15H22N4O2S3. The lowest BCUT2D eigenvalue weighted by molar-refractivity contribution is -0.126. The summed E-state index contributed by atoms with van der Waals surface area (Å²) in [5.74, 6) is 0.0939. The van der Waals surface area contributed by atoms with Crippen molar-refractivity contribution in [3.05, 3.63) is 5.01 Å². The van der Waals surface area contributed by atoms with Gasteiger partial charge in [0.2, 0.25) is 16.9 Å². The molecule has 2 amide bonds. The molecule has 6 nitrogen and oxygen atoms in total. The maximum atomic E-state index is 12.1. The number of nitrogens with zero attached hydrogens (tertiary/aromatic N) is 3. The smallest absolute Gasteiger partial charge is 0.241 e. The Labute approximate surface area is 155 Å². The molecule has 1 fully saturated rings. The number of anilines is 1. The number of aromatic nitrogens is 2. The second kappa shape index (κ2) is 9.43. The molecule has 24 heavy (non-hydrogen) atoms. The van der Waals surface area contributed by atoms with Crippen molar-refractivity contribution in [3.63, 3.8) is 0 Å². The van der Waals surface area contributed by atoms with Gasteiger partial charge >= 0.3 is 0 Å². The fourth-order valence-corrected chi connectivity index (χ4v) is 4.49. The molecule has 0 aromatic carbocycles. The lowest BCUT2D eigenvalue weighted by Crippen LogP contribution is -2.32. The van der Waals surface area contributed by atoms with Gasteiger partial charge in [0, 0.05) is 13.0 Å². The van der Waals surface area contributed by atoms with Crippen LogP contribution in [-0.4, -0.2) is 43.0 Å². The Bertz CT molecular complexity index is 605. The fraction of sp³-hybridized carbons (Fsp3) is 0.667. The van der Waals surface area contributed by atoms with Crippen LogP contribution in [0.15, 0.2) is 0 Å². The third-order valence-corrected chi connectivity index (χ3v) is 6.41. The van der Waals surface area contributed by atoms with Crippen LogP contribution in [0, 0.1) is 0 Å². The van der Waals surface area contributed by atoms with Crippen LogP contribution in [-0.2, 0) is 16.0 Å². The highest BCUT2D eigenvalue weighted by atomic mass is 32.2. The minimum atomic E-state index is -0.0387. The number of hydrogen-bond acceptors (Lipinski definition) is 7. The second-order valence-corrected chi connectivity index (χ2v) is 8.38. The maximum Gasteiger partial charge on any atom is 0.241 e. The van der Waals surface area contributed by atoms with Crippen molar-refractivity contribution in [2.45, 2.75) is 57.6 Å². The van der Waals surface area contributed by atoms with Crippen molar-refractivity contribution in [1.82, 2.24) is 15.1 Å². The van der Waals surface area contributed by atoms with E-state index in [1.54, 1.807) is 4.90 Å². The van der Waals surface area contributed by atoms with Gasteiger partial charge in [-0.25, -0.2) is 0 Å². The van der Waals surface area contributed by atoms with Gasteiger partial charge in [0.1, 0.15) is 9.33 Å². The van der Waals surface area contributed by atoms with Gasteiger partial charge in [-0.15, -0.1) is 10.2 Å². The Balaban J connectivity index is 1.62. The Morgan fingerprint density at radius 3 is 2.71 bits per heavy atom. The molecule has 2 heterocycles. The Morgan fingerprint density at radius 1 is 1.29 bits per heavy atom. The van der Waals surface area contributed by atoms with Crippen LogP contribution in [0.2, 0.25) is 0 Å². The van der Waals surface area contributed by atoms with E-state index in [0.717, 1.165) is 37.1 Å². The number of nitrogens with one attached hydrogen (secondary N) is 1. The lowest BCUT2D eigenvalue weighted by Gasteiger charge is -2.15. The van der Waals surface area contributed by atoms with Gasteiger partial charge < -0.3 is 5.32 Å². The van der Waals surface area contributed by atoms with Crippen molar-refractivity contribution >= 4 is 56.6 Å². The van der Waals surface area contributed by atoms with Gasteiger partial charge in [-0.2, -0.15) is 0 Å². The molecule has 1 N–H and O–H groups in total. The topological polar surface area (TPSA) is 75.2 Å². The molecule has 1 saturated heterocycles. The minimum absolute atomic E-state index is 0.0109. The predicted octanol–water partition coefficient (Wildman–Crippen LogP) is 3.24. The zero-order chi connectivity index (χ0) is 17.5. The average molecular weight is 387 g/mol. The van der Waals surface area contributed by atoms with Crippen LogP contribution < -0.4 is 5.32 Å². The molecule has 1 aromatic rings. The number of carbonyl (C=O) groups is 2. The van der Waals surface area contributed by atoms with Crippen LogP contribution in [0.25, 0.3) is 0 Å². The van der Waals surface area contributed by atoms with Crippen LogP contribution >= 0.6 is 35.3 Å². The summed E-state index contributed by atoms with van der Waals surface area (Å²) >= 11 is 8.15. The Hall–Kier alpha value is -1.06. The fourth-order valence-electron chi connectivity index (χ4n) is 2.32. The predicted molar refractivity (Wildman–Crippen MR) is 102 cm³/mol. The monoisotopic (exact) mass is 386 g/mol. The Kier molecular flexibility index (Phi) is 7.57. The molecule has 9 heteroatoms. The normalized spacial score (nSPS) is 17.6. The zero-order valence-corrected chi connectivity index (χ0v) is 16.4. The first kappa shape index (κ1) is 19.3. The van der Waals surface area contributed by atoms with Crippen molar-refractivity contribution < 1.29 is 9.59 Å². The highest BCUT2D eigenvalue weighted by Gasteiger charge is 2.34. The molecule has 0 aliphatic carbocycles. The second-order valence-electron chi connectivity index (χ2n) is 5.48. The van der Waals surface area contributed by atoms with Crippen molar-refractivity contribution in [2.75, 3.05) is 11.9 Å². The summed E-state index contributed by atoms with van der Waals surface area (Å²) < 4.78 is 0.688. The standard InChI is InChI=1S/C15H22N4O2S3/c1-3-10-13(21)19(15(22)23-10)9-7-5-6-8-11(20)16-14-18-17-12(4-2)24-14/h10H,3-9H2,1-2H3,(H,16,18,20). The summed E-state index contributed by atoms with van der Waals surface area (Å²) in [5.41, 5.74) is 0. The van der Waals surface area contributed by atoms with E-state index in [-0.39, 0.29) is 17.1 Å². The molecule has 0 radical (unpaired) electrons. The first-order valence-electron chi connectivity index (χ1n) is 8.19. The highest BCUT2D eigenvalue weighted by molar-refractivity contribution is 8.24. The van der Waals surface area contributed by atoms with E-state index in [2.05, 4.69) is 15.5 Å². The summed E-state index contributed by atoms with van der Waals surface area (Å²) in [6, 6.07) is 0. The van der Waals surface area contributed by atoms with E-state index in [1.807, 2.05) is 13.8 Å². The first-order valence-corrected chi connectivity index (χ1v) is 10.3. The molecule has 1 aliphatic heterocycles. The molecule has 0 bridgehead atoms. The number of unbranched alkanes of at least 4 members (excludes halogenated alkanes) is 2. The van der Waals surface area contributed by atoms with Crippen molar-refractivity contribution in [1.29, 1.82) is 0 Å². The molecule has 0 saturated carbocycles. The van der Waals surface area contributed by atoms with E-state index in [4.69, 9.17) is 12.2 Å². The van der Waals surface area contributed by atoms with Crippen molar-refractivity contribution in [2.24, 2.45) is 0 Å². The zero-order valence-electron chi connectivity index (χ0n) is 13.9. The van der Waals surface area contributed by atoms with Crippen LogP contribution in [0.3, 0.4) is 0 Å². The van der Waals surface area contributed by atoms with E-state index in [9.17, 15) is 9.59 Å². The molecule has 1 unspecified atom stereocenters. The third kappa shape index (κ3) is 5.22. The number of thioether (sulfide) groups is 1. The van der Waals surface area contributed by atoms with Crippen LogP contribution in [0.5, 0.6) is 0 Å². The summed E-state index contributed by atoms with van der Waals surface area (Å²) in [5, 5.41) is 12.1. The van der Waals surface area contributed by atoms with Gasteiger partial charge in [-0.1, -0.05) is 55.6 Å². The van der Waals surface area contributed by atoms with Crippen LogP contribution in [0.1, 0.15) is 51.0 Å². The Morgan fingerprint density at radius 2 is 2.08 bits per heavy atom. The maximum absolute atomic E-state index is 12.1. The molecule has 1 aromatic heterocycles. The van der Waals surface area contributed by atoms with Gasteiger partial charge in [0.05, 0.1) is 5.25 Å². The van der Waals surface area contributed by atoms with E-state index in [0.29, 0.717) is 22.4 Å². The highest BCUT2D eigenvalue weighted by Crippen LogP contribution is 2.29. The van der Waals surface area contributed by atoms with E-state index in [1.165, 1.54) is 23.1 Å².